The van der Waals surface area contributed by atoms with E-state index < -0.39 is 11.9 Å². The first kappa shape index (κ1) is 19.9. The van der Waals surface area contributed by atoms with Gasteiger partial charge in [0.05, 0.1) is 17.0 Å². The number of anilines is 2. The molecule has 0 aromatic heterocycles. The van der Waals surface area contributed by atoms with Crippen molar-refractivity contribution in [3.8, 4) is 0 Å². The van der Waals surface area contributed by atoms with Crippen LogP contribution in [0.4, 0.5) is 11.4 Å². The highest BCUT2D eigenvalue weighted by atomic mass is 32.2. The third-order valence-electron chi connectivity index (χ3n) is 4.56. The van der Waals surface area contributed by atoms with Crippen molar-refractivity contribution in [2.45, 2.75) is 31.1 Å². The van der Waals surface area contributed by atoms with Crippen molar-refractivity contribution in [1.82, 2.24) is 0 Å². The van der Waals surface area contributed by atoms with Gasteiger partial charge in [0.2, 0.25) is 5.91 Å². The standard InChI is InChI=1S/C21H22N2O4S/c1-3-13(2)15-6-4-5-7-16(15)22-19(24)11-27-21(26)14-8-9-18-17(10-14)23-20(25)12-28-18/h4-10,13H,3,11-12H2,1-2H3,(H,22,24)(H,23,25)/t13-/m1/s1. The fourth-order valence-corrected chi connectivity index (χ4v) is 3.66. The minimum absolute atomic E-state index is 0.109. The van der Waals surface area contributed by atoms with Crippen LogP contribution >= 0.6 is 11.8 Å². The van der Waals surface area contributed by atoms with Crippen molar-refractivity contribution in [3.05, 3.63) is 53.6 Å². The molecule has 7 heteroatoms. The molecule has 0 spiro atoms. The number of ether oxygens (including phenoxy) is 1. The molecule has 1 aliphatic heterocycles. The largest absolute Gasteiger partial charge is 0.452 e. The first-order valence-corrected chi connectivity index (χ1v) is 10.1. The molecule has 0 fully saturated rings. The van der Waals surface area contributed by atoms with Crippen molar-refractivity contribution >= 4 is 40.9 Å². The normalized spacial score (nSPS) is 13.9. The van der Waals surface area contributed by atoms with E-state index in [1.165, 1.54) is 11.8 Å². The highest BCUT2D eigenvalue weighted by molar-refractivity contribution is 8.00. The van der Waals surface area contributed by atoms with Gasteiger partial charge in [-0.1, -0.05) is 32.0 Å². The van der Waals surface area contributed by atoms with E-state index >= 15 is 0 Å². The summed E-state index contributed by atoms with van der Waals surface area (Å²) in [7, 11) is 0. The second-order valence-corrected chi connectivity index (χ2v) is 7.59. The number of hydrogen-bond donors (Lipinski definition) is 2. The highest BCUT2D eigenvalue weighted by Crippen LogP contribution is 2.32. The van der Waals surface area contributed by atoms with Gasteiger partial charge in [0.15, 0.2) is 6.61 Å². The van der Waals surface area contributed by atoms with Crippen molar-refractivity contribution in [1.29, 1.82) is 0 Å². The molecular weight excluding hydrogens is 376 g/mol. The Bertz CT molecular complexity index is 913. The summed E-state index contributed by atoms with van der Waals surface area (Å²) in [6, 6.07) is 12.6. The van der Waals surface area contributed by atoms with Gasteiger partial charge < -0.3 is 15.4 Å². The molecule has 1 aliphatic rings. The van der Waals surface area contributed by atoms with Crippen molar-refractivity contribution < 1.29 is 19.1 Å². The Hall–Kier alpha value is -2.80. The maximum absolute atomic E-state index is 12.3. The number of nitrogens with one attached hydrogen (secondary N) is 2. The SMILES string of the molecule is CC[C@@H](C)c1ccccc1NC(=O)COC(=O)c1ccc2c(c1)NC(=O)CS2. The van der Waals surface area contributed by atoms with Gasteiger partial charge in [-0.05, 0) is 42.2 Å². The van der Waals surface area contributed by atoms with Gasteiger partial charge in [-0.15, -0.1) is 11.8 Å². The van der Waals surface area contributed by atoms with Crippen LogP contribution in [0.2, 0.25) is 0 Å². The van der Waals surface area contributed by atoms with Crippen LogP contribution in [0.15, 0.2) is 47.4 Å². The summed E-state index contributed by atoms with van der Waals surface area (Å²) in [6.45, 7) is 3.80. The number of rotatable bonds is 6. The van der Waals surface area contributed by atoms with Gasteiger partial charge in [-0.2, -0.15) is 0 Å². The van der Waals surface area contributed by atoms with E-state index in [9.17, 15) is 14.4 Å². The molecule has 2 amide bonds. The Morgan fingerprint density at radius 2 is 2.04 bits per heavy atom. The molecule has 1 heterocycles. The van der Waals surface area contributed by atoms with Gasteiger partial charge >= 0.3 is 5.97 Å². The number of fused-ring (bicyclic) bond motifs is 1. The Morgan fingerprint density at radius 3 is 2.82 bits per heavy atom. The zero-order chi connectivity index (χ0) is 20.1. The molecule has 0 bridgehead atoms. The number of carbonyl (C=O) groups excluding carboxylic acids is 3. The zero-order valence-electron chi connectivity index (χ0n) is 15.8. The molecule has 2 N–H and O–H groups in total. The lowest BCUT2D eigenvalue weighted by atomic mass is 9.97. The fourth-order valence-electron chi connectivity index (χ4n) is 2.87. The summed E-state index contributed by atoms with van der Waals surface area (Å²) in [4.78, 5) is 36.9. The maximum atomic E-state index is 12.3. The minimum atomic E-state index is -0.613. The minimum Gasteiger partial charge on any atom is -0.452 e. The summed E-state index contributed by atoms with van der Waals surface area (Å²) in [5, 5.41) is 5.54. The third kappa shape index (κ3) is 4.72. The Labute approximate surface area is 168 Å². The topological polar surface area (TPSA) is 84.5 Å². The van der Waals surface area contributed by atoms with Crippen LogP contribution in [0.3, 0.4) is 0 Å². The lowest BCUT2D eigenvalue weighted by molar-refractivity contribution is -0.119. The van der Waals surface area contributed by atoms with Crippen LogP contribution in [0.1, 0.15) is 42.1 Å². The first-order valence-electron chi connectivity index (χ1n) is 9.10. The first-order chi connectivity index (χ1) is 13.5. The number of benzene rings is 2. The number of carbonyl (C=O) groups is 3. The smallest absolute Gasteiger partial charge is 0.338 e. The quantitative estimate of drug-likeness (QED) is 0.718. The van der Waals surface area contributed by atoms with E-state index in [2.05, 4.69) is 24.5 Å². The average molecular weight is 398 g/mol. The monoisotopic (exact) mass is 398 g/mol. The highest BCUT2D eigenvalue weighted by Gasteiger charge is 2.19. The average Bonchev–Trinajstić information content (AvgIpc) is 2.71. The van der Waals surface area contributed by atoms with Crippen molar-refractivity contribution in [3.63, 3.8) is 0 Å². The summed E-state index contributed by atoms with van der Waals surface area (Å²) in [5.74, 6) is -0.455. The van der Waals surface area contributed by atoms with Crippen LogP contribution in [-0.2, 0) is 14.3 Å². The van der Waals surface area contributed by atoms with Crippen LogP contribution < -0.4 is 10.6 Å². The van der Waals surface area contributed by atoms with E-state index in [-0.39, 0.29) is 18.1 Å². The fraction of sp³-hybridized carbons (Fsp3) is 0.286. The van der Waals surface area contributed by atoms with Crippen LogP contribution in [-0.4, -0.2) is 30.1 Å². The second kappa shape index (κ2) is 8.93. The molecule has 1 atom stereocenters. The molecule has 2 aromatic carbocycles. The van der Waals surface area contributed by atoms with Gasteiger partial charge in [-0.3, -0.25) is 9.59 Å². The van der Waals surface area contributed by atoms with E-state index in [4.69, 9.17) is 4.74 Å². The molecule has 3 rings (SSSR count). The van der Waals surface area contributed by atoms with E-state index in [1.807, 2.05) is 24.3 Å². The van der Waals surface area contributed by atoms with Crippen molar-refractivity contribution in [2.24, 2.45) is 0 Å². The van der Waals surface area contributed by atoms with Gasteiger partial charge in [0.25, 0.3) is 5.91 Å². The maximum Gasteiger partial charge on any atom is 0.338 e. The summed E-state index contributed by atoms with van der Waals surface area (Å²) in [5.41, 5.74) is 2.65. The van der Waals surface area contributed by atoms with E-state index in [0.29, 0.717) is 17.4 Å². The second-order valence-electron chi connectivity index (χ2n) is 6.57. The molecule has 146 valence electrons. The van der Waals surface area contributed by atoms with E-state index in [1.54, 1.807) is 18.2 Å². The van der Waals surface area contributed by atoms with Gasteiger partial charge in [-0.25, -0.2) is 4.79 Å². The number of amides is 2. The number of hydrogen-bond acceptors (Lipinski definition) is 5. The van der Waals surface area contributed by atoms with Crippen LogP contribution in [0.25, 0.3) is 0 Å². The van der Waals surface area contributed by atoms with E-state index in [0.717, 1.165) is 22.6 Å². The molecular formula is C21H22N2O4S. The number of para-hydroxylation sites is 1. The summed E-state index contributed by atoms with van der Waals surface area (Å²) >= 11 is 1.41. The molecule has 0 saturated carbocycles. The lowest BCUT2D eigenvalue weighted by Gasteiger charge is -2.17. The molecule has 0 aliphatic carbocycles. The zero-order valence-corrected chi connectivity index (χ0v) is 16.6. The summed E-state index contributed by atoms with van der Waals surface area (Å²) in [6.07, 6.45) is 0.953. The third-order valence-corrected chi connectivity index (χ3v) is 5.63. The number of thioether (sulfide) groups is 1. The Morgan fingerprint density at radius 1 is 1.25 bits per heavy atom. The molecule has 2 aromatic rings. The molecule has 0 saturated heterocycles. The lowest BCUT2D eigenvalue weighted by Crippen LogP contribution is -2.22. The Balaban J connectivity index is 1.60. The van der Waals surface area contributed by atoms with Crippen LogP contribution in [0.5, 0.6) is 0 Å². The molecule has 0 unspecified atom stereocenters. The van der Waals surface area contributed by atoms with Gasteiger partial charge in [0, 0.05) is 10.6 Å². The molecule has 6 nitrogen and oxygen atoms in total. The number of esters is 1. The Kier molecular flexibility index (Phi) is 6.36. The van der Waals surface area contributed by atoms with Crippen LogP contribution in [0, 0.1) is 0 Å². The van der Waals surface area contributed by atoms with Gasteiger partial charge in [0.1, 0.15) is 0 Å². The predicted molar refractivity (Wildman–Crippen MR) is 110 cm³/mol. The molecule has 0 radical (unpaired) electrons. The summed E-state index contributed by atoms with van der Waals surface area (Å²) < 4.78 is 5.14. The predicted octanol–water partition coefficient (Wildman–Crippen LogP) is 4.04. The van der Waals surface area contributed by atoms with Crippen molar-refractivity contribution in [2.75, 3.05) is 23.0 Å². The molecule has 28 heavy (non-hydrogen) atoms.